The molecule has 5 rings (SSSR count). The number of allylic oxidation sites excluding steroid dienone is 1. The van der Waals surface area contributed by atoms with E-state index >= 15 is 0 Å². The molecule has 1 amide bonds. The van der Waals surface area contributed by atoms with Gasteiger partial charge in [-0.15, -0.1) is 0 Å². The third kappa shape index (κ3) is 2.89. The smallest absolute Gasteiger partial charge is 0.222 e. The van der Waals surface area contributed by atoms with Gasteiger partial charge in [0.1, 0.15) is 0 Å². The molecule has 4 fully saturated rings. The standard InChI is InChI=1S/C25H35N3O/c1-24-12-10-21-19(7-9-22-25(21,2)13-11-23(29)28(22)3)20(24)8-5-17(24)4-6-18-16-26-14-15-27-18/h4,6,14-17,19-22H,5,7-13H2,1-3H3/b6-4-/t17-,19-,20-,21-,22+,24+,25+/m0/s1. The number of hydrogen-bond acceptors (Lipinski definition) is 3. The van der Waals surface area contributed by atoms with Crippen LogP contribution in [0.25, 0.3) is 6.08 Å². The second-order valence-corrected chi connectivity index (χ2v) is 10.7. The summed E-state index contributed by atoms with van der Waals surface area (Å²) < 4.78 is 0. The number of piperidine rings is 1. The van der Waals surface area contributed by atoms with Gasteiger partial charge in [-0.2, -0.15) is 0 Å². The van der Waals surface area contributed by atoms with Crippen molar-refractivity contribution in [3.05, 3.63) is 30.4 Å². The predicted molar refractivity (Wildman–Crippen MR) is 115 cm³/mol. The zero-order valence-corrected chi connectivity index (χ0v) is 18.2. The van der Waals surface area contributed by atoms with Crippen LogP contribution in [0.5, 0.6) is 0 Å². The van der Waals surface area contributed by atoms with E-state index in [1.807, 2.05) is 6.20 Å². The number of carbonyl (C=O) groups excluding carboxylic acids is 1. The number of amides is 1. The van der Waals surface area contributed by atoms with Gasteiger partial charge in [0, 0.05) is 31.9 Å². The summed E-state index contributed by atoms with van der Waals surface area (Å²) in [7, 11) is 2.06. The molecular weight excluding hydrogens is 358 g/mol. The van der Waals surface area contributed by atoms with Gasteiger partial charge >= 0.3 is 0 Å². The number of likely N-dealkylation sites (tertiary alicyclic amines) is 1. The molecule has 0 N–H and O–H groups in total. The molecule has 3 aliphatic carbocycles. The lowest BCUT2D eigenvalue weighted by Gasteiger charge is -2.61. The van der Waals surface area contributed by atoms with Crippen molar-refractivity contribution in [2.24, 2.45) is 34.5 Å². The van der Waals surface area contributed by atoms with Gasteiger partial charge in [-0.1, -0.05) is 19.9 Å². The van der Waals surface area contributed by atoms with Crippen LogP contribution in [0.1, 0.15) is 70.9 Å². The summed E-state index contributed by atoms with van der Waals surface area (Å²) in [5.41, 5.74) is 1.70. The molecule has 156 valence electrons. The molecule has 7 atom stereocenters. The van der Waals surface area contributed by atoms with Gasteiger partial charge in [0.2, 0.25) is 5.91 Å². The summed E-state index contributed by atoms with van der Waals surface area (Å²) in [4.78, 5) is 23.0. The minimum Gasteiger partial charge on any atom is -0.342 e. The summed E-state index contributed by atoms with van der Waals surface area (Å²) in [6.45, 7) is 5.08. The minimum absolute atomic E-state index is 0.320. The fourth-order valence-corrected chi connectivity index (χ4v) is 8.12. The Hall–Kier alpha value is -1.71. The molecule has 1 saturated heterocycles. The molecule has 3 saturated carbocycles. The Balaban J connectivity index is 1.38. The average Bonchev–Trinajstić information content (AvgIpc) is 3.07. The summed E-state index contributed by atoms with van der Waals surface area (Å²) >= 11 is 0. The molecule has 29 heavy (non-hydrogen) atoms. The van der Waals surface area contributed by atoms with Crippen LogP contribution in [0.2, 0.25) is 0 Å². The van der Waals surface area contributed by atoms with Crippen LogP contribution in [0.4, 0.5) is 0 Å². The van der Waals surface area contributed by atoms with Crippen molar-refractivity contribution in [1.29, 1.82) is 0 Å². The first kappa shape index (κ1) is 19.3. The lowest BCUT2D eigenvalue weighted by atomic mass is 9.47. The lowest BCUT2D eigenvalue weighted by molar-refractivity contribution is -0.157. The number of hydrogen-bond donors (Lipinski definition) is 0. The molecule has 0 spiro atoms. The average molecular weight is 394 g/mol. The molecule has 2 heterocycles. The van der Waals surface area contributed by atoms with E-state index in [-0.39, 0.29) is 0 Å². The Morgan fingerprint density at radius 3 is 2.66 bits per heavy atom. The molecule has 4 heteroatoms. The van der Waals surface area contributed by atoms with Crippen molar-refractivity contribution >= 4 is 12.0 Å². The Morgan fingerprint density at radius 1 is 1.03 bits per heavy atom. The van der Waals surface area contributed by atoms with Crippen LogP contribution in [0.15, 0.2) is 24.7 Å². The third-order valence-electron chi connectivity index (χ3n) is 9.71. The van der Waals surface area contributed by atoms with Crippen LogP contribution in [0, 0.1) is 34.5 Å². The van der Waals surface area contributed by atoms with Gasteiger partial charge in [0.05, 0.1) is 11.9 Å². The summed E-state index contributed by atoms with van der Waals surface area (Å²) in [6, 6.07) is 0.461. The molecule has 4 aliphatic rings. The van der Waals surface area contributed by atoms with Crippen LogP contribution in [0.3, 0.4) is 0 Å². The van der Waals surface area contributed by atoms with Gasteiger partial charge in [0.15, 0.2) is 0 Å². The van der Waals surface area contributed by atoms with Gasteiger partial charge in [-0.3, -0.25) is 14.8 Å². The molecule has 4 nitrogen and oxygen atoms in total. The number of fused-ring (bicyclic) bond motifs is 5. The van der Waals surface area contributed by atoms with Crippen molar-refractivity contribution in [2.75, 3.05) is 7.05 Å². The van der Waals surface area contributed by atoms with Crippen molar-refractivity contribution in [3.8, 4) is 0 Å². The molecule has 0 radical (unpaired) electrons. The molecular formula is C25H35N3O. The molecule has 0 aromatic carbocycles. The van der Waals surface area contributed by atoms with E-state index in [4.69, 9.17) is 0 Å². The van der Waals surface area contributed by atoms with Crippen molar-refractivity contribution in [3.63, 3.8) is 0 Å². The minimum atomic E-state index is 0.320. The van der Waals surface area contributed by atoms with Gasteiger partial charge in [-0.05, 0) is 85.5 Å². The first-order valence-electron chi connectivity index (χ1n) is 11.6. The van der Waals surface area contributed by atoms with E-state index in [0.29, 0.717) is 28.7 Å². The first-order valence-corrected chi connectivity index (χ1v) is 11.6. The fraction of sp³-hybridized carbons (Fsp3) is 0.720. The van der Waals surface area contributed by atoms with E-state index in [1.54, 1.807) is 12.4 Å². The largest absolute Gasteiger partial charge is 0.342 e. The topological polar surface area (TPSA) is 46.1 Å². The van der Waals surface area contributed by atoms with Crippen molar-refractivity contribution in [1.82, 2.24) is 14.9 Å². The number of aromatic nitrogens is 2. The maximum atomic E-state index is 12.3. The SMILES string of the molecule is CN1C(=O)CC[C@]2(C)[C@H]3CC[C@]4(C)[C@@H](/C=C\c5cnccn5)CC[C@H]4[C@@H]3CC[C@@H]12. The number of rotatable bonds is 2. The second kappa shape index (κ2) is 6.92. The number of nitrogens with zero attached hydrogens (tertiary/aromatic N) is 3. The monoisotopic (exact) mass is 393 g/mol. The van der Waals surface area contributed by atoms with Crippen LogP contribution in [-0.4, -0.2) is 33.9 Å². The van der Waals surface area contributed by atoms with Gasteiger partial charge < -0.3 is 4.90 Å². The Kier molecular flexibility index (Phi) is 4.60. The number of carbonyl (C=O) groups is 1. The van der Waals surface area contributed by atoms with E-state index in [1.165, 1.54) is 38.5 Å². The maximum absolute atomic E-state index is 12.3. The summed E-state index contributed by atoms with van der Waals surface area (Å²) in [6.07, 6.45) is 19.7. The highest BCUT2D eigenvalue weighted by atomic mass is 16.2. The van der Waals surface area contributed by atoms with Crippen LogP contribution >= 0.6 is 0 Å². The Bertz CT molecular complexity index is 808. The molecule has 0 unspecified atom stereocenters. The quantitative estimate of drug-likeness (QED) is 0.713. The highest BCUT2D eigenvalue weighted by molar-refractivity contribution is 5.77. The van der Waals surface area contributed by atoms with Gasteiger partial charge in [0.25, 0.3) is 0 Å². The molecule has 1 aromatic heterocycles. The third-order valence-corrected chi connectivity index (χ3v) is 9.71. The zero-order valence-electron chi connectivity index (χ0n) is 18.2. The van der Waals surface area contributed by atoms with E-state index in [2.05, 4.69) is 47.9 Å². The van der Waals surface area contributed by atoms with E-state index < -0.39 is 0 Å². The second-order valence-electron chi connectivity index (χ2n) is 10.7. The molecule has 1 aromatic rings. The zero-order chi connectivity index (χ0) is 20.2. The Labute approximate surface area is 175 Å². The Morgan fingerprint density at radius 2 is 1.86 bits per heavy atom. The lowest BCUT2D eigenvalue weighted by Crippen LogP contribution is -2.61. The fourth-order valence-electron chi connectivity index (χ4n) is 8.12. The van der Waals surface area contributed by atoms with Gasteiger partial charge in [-0.25, -0.2) is 0 Å². The summed E-state index contributed by atoms with van der Waals surface area (Å²) in [5.74, 6) is 3.47. The van der Waals surface area contributed by atoms with Crippen molar-refractivity contribution < 1.29 is 4.79 Å². The highest BCUT2D eigenvalue weighted by Crippen LogP contribution is 2.66. The molecule has 1 aliphatic heterocycles. The first-order chi connectivity index (χ1) is 13.9. The van der Waals surface area contributed by atoms with Crippen LogP contribution < -0.4 is 0 Å². The van der Waals surface area contributed by atoms with E-state index in [9.17, 15) is 4.79 Å². The summed E-state index contributed by atoms with van der Waals surface area (Å²) in [5, 5.41) is 0. The van der Waals surface area contributed by atoms with E-state index in [0.717, 1.165) is 36.3 Å². The van der Waals surface area contributed by atoms with Crippen LogP contribution in [-0.2, 0) is 4.79 Å². The maximum Gasteiger partial charge on any atom is 0.222 e. The predicted octanol–water partition coefficient (Wildman–Crippen LogP) is 4.97. The molecule has 0 bridgehead atoms. The normalized spacial score (nSPS) is 44.4. The van der Waals surface area contributed by atoms with Crippen molar-refractivity contribution in [2.45, 2.75) is 71.3 Å². The highest BCUT2D eigenvalue weighted by Gasteiger charge is 2.60.